The highest BCUT2D eigenvalue weighted by atomic mass is 16.5. The topological polar surface area (TPSA) is 46.5 Å². The molecule has 0 aliphatic heterocycles. The van der Waals surface area contributed by atoms with Crippen molar-refractivity contribution >= 4 is 5.97 Å². The molecular formula is C15H20O3. The summed E-state index contributed by atoms with van der Waals surface area (Å²) in [5.41, 5.74) is 1.36. The molecule has 1 fully saturated rings. The Morgan fingerprint density at radius 1 is 1.28 bits per heavy atom. The van der Waals surface area contributed by atoms with Crippen molar-refractivity contribution in [3.63, 3.8) is 0 Å². The second-order valence-electron chi connectivity index (χ2n) is 5.20. The molecule has 0 heterocycles. The van der Waals surface area contributed by atoms with Gasteiger partial charge in [0.25, 0.3) is 0 Å². The van der Waals surface area contributed by atoms with Crippen LogP contribution < -0.4 is 0 Å². The Bertz CT molecular complexity index is 414. The third-order valence-corrected chi connectivity index (χ3v) is 3.94. The average molecular weight is 248 g/mol. The summed E-state index contributed by atoms with van der Waals surface area (Å²) in [5.74, 6) is -0.207. The van der Waals surface area contributed by atoms with E-state index in [2.05, 4.69) is 0 Å². The highest BCUT2D eigenvalue weighted by Gasteiger charge is 2.37. The zero-order valence-corrected chi connectivity index (χ0v) is 11.0. The summed E-state index contributed by atoms with van der Waals surface area (Å²) in [6, 6.07) is 7.99. The number of benzene rings is 1. The summed E-state index contributed by atoms with van der Waals surface area (Å²) in [4.78, 5) is 11.5. The van der Waals surface area contributed by atoms with Crippen LogP contribution in [0.4, 0.5) is 0 Å². The van der Waals surface area contributed by atoms with Crippen LogP contribution in [0.5, 0.6) is 0 Å². The molecule has 0 amide bonds. The van der Waals surface area contributed by atoms with E-state index in [0.717, 1.165) is 5.56 Å². The number of carbonyl (C=O) groups excluding carboxylic acids is 1. The summed E-state index contributed by atoms with van der Waals surface area (Å²) >= 11 is 0. The van der Waals surface area contributed by atoms with Crippen LogP contribution in [-0.4, -0.2) is 18.2 Å². The van der Waals surface area contributed by atoms with Gasteiger partial charge in [0.2, 0.25) is 0 Å². The van der Waals surface area contributed by atoms with E-state index in [1.54, 1.807) is 0 Å². The van der Waals surface area contributed by atoms with E-state index < -0.39 is 5.60 Å². The Labute approximate surface area is 108 Å². The van der Waals surface area contributed by atoms with E-state index >= 15 is 0 Å². The van der Waals surface area contributed by atoms with Crippen molar-refractivity contribution in [1.82, 2.24) is 0 Å². The molecular weight excluding hydrogens is 228 g/mol. The molecule has 0 bridgehead atoms. The van der Waals surface area contributed by atoms with Gasteiger partial charge < -0.3 is 9.84 Å². The second kappa shape index (κ2) is 5.11. The van der Waals surface area contributed by atoms with Crippen LogP contribution in [0.25, 0.3) is 0 Å². The molecule has 1 aliphatic rings. The molecule has 0 aromatic heterocycles. The molecule has 0 spiro atoms. The molecule has 3 nitrogen and oxygen atoms in total. The van der Waals surface area contributed by atoms with E-state index in [1.807, 2.05) is 31.2 Å². The van der Waals surface area contributed by atoms with Crippen LogP contribution in [-0.2, 0) is 15.1 Å². The van der Waals surface area contributed by atoms with E-state index in [4.69, 9.17) is 4.74 Å². The maximum Gasteiger partial charge on any atom is 0.308 e. The van der Waals surface area contributed by atoms with Gasteiger partial charge in [0.15, 0.2) is 0 Å². The van der Waals surface area contributed by atoms with E-state index in [-0.39, 0.29) is 11.9 Å². The monoisotopic (exact) mass is 248 g/mol. The fourth-order valence-corrected chi connectivity index (χ4v) is 2.65. The van der Waals surface area contributed by atoms with Gasteiger partial charge >= 0.3 is 5.97 Å². The van der Waals surface area contributed by atoms with Gasteiger partial charge in [0.1, 0.15) is 0 Å². The lowest BCUT2D eigenvalue weighted by Crippen LogP contribution is -2.34. The maximum atomic E-state index is 11.5. The van der Waals surface area contributed by atoms with Gasteiger partial charge in [-0.25, -0.2) is 0 Å². The van der Waals surface area contributed by atoms with Crippen molar-refractivity contribution in [1.29, 1.82) is 0 Å². The molecule has 1 aromatic carbocycles. The van der Waals surface area contributed by atoms with E-state index in [0.29, 0.717) is 25.7 Å². The number of methoxy groups -OCH3 is 1. The summed E-state index contributed by atoms with van der Waals surface area (Å²) < 4.78 is 4.76. The molecule has 0 radical (unpaired) electrons. The number of esters is 1. The normalized spacial score (nSPS) is 27.8. The minimum Gasteiger partial charge on any atom is -0.469 e. The smallest absolute Gasteiger partial charge is 0.308 e. The zero-order chi connectivity index (χ0) is 13.2. The quantitative estimate of drug-likeness (QED) is 0.818. The number of hydrogen-bond donors (Lipinski definition) is 1. The van der Waals surface area contributed by atoms with Gasteiger partial charge in [-0.05, 0) is 38.2 Å². The van der Waals surface area contributed by atoms with Gasteiger partial charge in [-0.1, -0.05) is 29.8 Å². The number of carbonyl (C=O) groups is 1. The third kappa shape index (κ3) is 2.56. The average Bonchev–Trinajstić information content (AvgIpc) is 2.39. The second-order valence-corrected chi connectivity index (χ2v) is 5.20. The Hall–Kier alpha value is -1.35. The number of rotatable bonds is 2. The van der Waals surface area contributed by atoms with Crippen LogP contribution in [0.15, 0.2) is 24.3 Å². The lowest BCUT2D eigenvalue weighted by atomic mass is 9.75. The number of hydrogen-bond acceptors (Lipinski definition) is 3. The first kappa shape index (κ1) is 13.1. The molecule has 1 aliphatic carbocycles. The molecule has 1 N–H and O–H groups in total. The molecule has 3 heteroatoms. The molecule has 98 valence electrons. The van der Waals surface area contributed by atoms with Crippen LogP contribution >= 0.6 is 0 Å². The minimum atomic E-state index is -0.780. The predicted octanol–water partition coefficient (Wildman–Crippen LogP) is 2.55. The standard InChI is InChI=1S/C15H20O3/c1-11-3-5-13(6-4-11)15(17)9-7-12(8-10-15)14(16)18-2/h3-6,12,17H,7-10H2,1-2H3. The molecule has 0 saturated heterocycles. The minimum absolute atomic E-state index is 0.0549. The van der Waals surface area contributed by atoms with E-state index in [1.165, 1.54) is 12.7 Å². The van der Waals surface area contributed by atoms with Crippen molar-refractivity contribution in [3.8, 4) is 0 Å². The number of ether oxygens (including phenoxy) is 1. The summed E-state index contributed by atoms with van der Waals surface area (Å²) in [5, 5.41) is 10.7. The first-order valence-corrected chi connectivity index (χ1v) is 6.42. The fourth-order valence-electron chi connectivity index (χ4n) is 2.65. The Morgan fingerprint density at radius 3 is 2.33 bits per heavy atom. The highest BCUT2D eigenvalue weighted by Crippen LogP contribution is 2.39. The molecule has 0 unspecified atom stereocenters. The van der Waals surface area contributed by atoms with Crippen LogP contribution in [0.3, 0.4) is 0 Å². The van der Waals surface area contributed by atoms with Crippen molar-refractivity contribution in [2.75, 3.05) is 7.11 Å². The molecule has 1 aromatic rings. The maximum absolute atomic E-state index is 11.5. The van der Waals surface area contributed by atoms with Gasteiger partial charge in [-0.3, -0.25) is 4.79 Å². The number of aliphatic hydroxyl groups is 1. The van der Waals surface area contributed by atoms with Gasteiger partial charge in [-0.2, -0.15) is 0 Å². The van der Waals surface area contributed by atoms with Crippen molar-refractivity contribution in [3.05, 3.63) is 35.4 Å². The predicted molar refractivity (Wildman–Crippen MR) is 69.0 cm³/mol. The van der Waals surface area contributed by atoms with Crippen LogP contribution in [0.2, 0.25) is 0 Å². The van der Waals surface area contributed by atoms with Crippen LogP contribution in [0, 0.1) is 12.8 Å². The third-order valence-electron chi connectivity index (χ3n) is 3.94. The first-order valence-electron chi connectivity index (χ1n) is 6.42. The summed E-state index contributed by atoms with van der Waals surface area (Å²) in [7, 11) is 1.42. The highest BCUT2D eigenvalue weighted by molar-refractivity contribution is 5.72. The lowest BCUT2D eigenvalue weighted by Gasteiger charge is -2.35. The number of aryl methyl sites for hydroxylation is 1. The Kier molecular flexibility index (Phi) is 3.71. The fraction of sp³-hybridized carbons (Fsp3) is 0.533. The first-order chi connectivity index (χ1) is 8.55. The molecule has 0 atom stereocenters. The largest absolute Gasteiger partial charge is 0.469 e. The van der Waals surface area contributed by atoms with Gasteiger partial charge in [0.05, 0.1) is 18.6 Å². The van der Waals surface area contributed by atoms with Crippen molar-refractivity contribution in [2.24, 2.45) is 5.92 Å². The lowest BCUT2D eigenvalue weighted by molar-refractivity contribution is -0.148. The summed E-state index contributed by atoms with van der Waals surface area (Å²) in [6.45, 7) is 2.03. The molecule has 1 saturated carbocycles. The van der Waals surface area contributed by atoms with Crippen LogP contribution in [0.1, 0.15) is 36.8 Å². The SMILES string of the molecule is COC(=O)C1CCC(O)(c2ccc(C)cc2)CC1. The van der Waals surface area contributed by atoms with Gasteiger partial charge in [0, 0.05) is 0 Å². The van der Waals surface area contributed by atoms with E-state index in [9.17, 15) is 9.90 Å². The molecule has 18 heavy (non-hydrogen) atoms. The van der Waals surface area contributed by atoms with Gasteiger partial charge in [-0.15, -0.1) is 0 Å². The summed E-state index contributed by atoms with van der Waals surface area (Å²) in [6.07, 6.45) is 2.62. The Balaban J connectivity index is 2.07. The Morgan fingerprint density at radius 2 is 1.83 bits per heavy atom. The zero-order valence-electron chi connectivity index (χ0n) is 11.0. The molecule has 2 rings (SSSR count). The van der Waals surface area contributed by atoms with Crippen molar-refractivity contribution in [2.45, 2.75) is 38.2 Å². The van der Waals surface area contributed by atoms with Crippen molar-refractivity contribution < 1.29 is 14.6 Å².